The van der Waals surface area contributed by atoms with Crippen molar-refractivity contribution in [2.45, 2.75) is 6.54 Å². The molecule has 36 heavy (non-hydrogen) atoms. The van der Waals surface area contributed by atoms with Crippen LogP contribution in [0, 0.1) is 0 Å². The molecule has 1 heterocycles. The molecule has 3 N–H and O–H groups in total. The third-order valence-electron chi connectivity index (χ3n) is 5.74. The third kappa shape index (κ3) is 4.92. The van der Waals surface area contributed by atoms with Gasteiger partial charge in [0.15, 0.2) is 0 Å². The molecule has 178 valence electrons. The van der Waals surface area contributed by atoms with Crippen molar-refractivity contribution < 1.29 is 14.7 Å². The zero-order valence-electron chi connectivity index (χ0n) is 19.0. The fourth-order valence-corrected chi connectivity index (χ4v) is 4.15. The summed E-state index contributed by atoms with van der Waals surface area (Å²) in [5.41, 5.74) is 4.84. The average Bonchev–Trinajstić information content (AvgIpc) is 3.22. The summed E-state index contributed by atoms with van der Waals surface area (Å²) in [6.07, 6.45) is 3.32. The molecule has 0 radical (unpaired) electrons. The van der Waals surface area contributed by atoms with Crippen molar-refractivity contribution in [2.75, 3.05) is 5.32 Å². The van der Waals surface area contributed by atoms with Crippen molar-refractivity contribution in [3.63, 3.8) is 0 Å². The lowest BCUT2D eigenvalue weighted by molar-refractivity contribution is -0.116. The molecule has 0 atom stereocenters. The number of nitrogens with one attached hydrogen (secondary N) is 2. The molecule has 0 aliphatic heterocycles. The fraction of sp³-hybridized carbons (Fsp3) is 0.0357. The number of aromatic nitrogens is 1. The highest BCUT2D eigenvalue weighted by atomic mass is 35.5. The third-order valence-corrected chi connectivity index (χ3v) is 5.99. The van der Waals surface area contributed by atoms with Crippen molar-refractivity contribution in [3.05, 3.63) is 107 Å². The smallest absolute Gasteiger partial charge is 0.275 e. The van der Waals surface area contributed by atoms with Crippen LogP contribution in [0.15, 0.2) is 96.2 Å². The molecule has 0 saturated carbocycles. The normalized spacial score (nSPS) is 11.2. The number of aromatic hydroxyl groups is 1. The van der Waals surface area contributed by atoms with Crippen LogP contribution in [0.25, 0.3) is 21.7 Å². The maximum atomic E-state index is 12.7. The molecule has 7 nitrogen and oxygen atoms in total. The number of hydrogen-bond acceptors (Lipinski definition) is 4. The number of para-hydroxylation sites is 1. The van der Waals surface area contributed by atoms with Crippen LogP contribution in [0.1, 0.15) is 15.9 Å². The predicted molar refractivity (Wildman–Crippen MR) is 143 cm³/mol. The number of anilines is 1. The van der Waals surface area contributed by atoms with E-state index in [1.165, 1.54) is 6.21 Å². The SMILES string of the molecule is O=C(Cn1cc(C=NNC(=O)c2cc3ccccc3cc2O)c2ccccc21)Nc1ccc(Cl)cc1. The van der Waals surface area contributed by atoms with Crippen LogP contribution in [-0.2, 0) is 11.3 Å². The zero-order chi connectivity index (χ0) is 25.1. The van der Waals surface area contributed by atoms with Crippen LogP contribution in [0.4, 0.5) is 5.69 Å². The van der Waals surface area contributed by atoms with E-state index < -0.39 is 5.91 Å². The first-order valence-electron chi connectivity index (χ1n) is 11.2. The van der Waals surface area contributed by atoms with E-state index in [4.69, 9.17) is 11.6 Å². The minimum Gasteiger partial charge on any atom is -0.507 e. The summed E-state index contributed by atoms with van der Waals surface area (Å²) in [5.74, 6) is -0.841. The summed E-state index contributed by atoms with van der Waals surface area (Å²) in [5, 5.41) is 20.4. The largest absolute Gasteiger partial charge is 0.507 e. The van der Waals surface area contributed by atoms with Gasteiger partial charge >= 0.3 is 0 Å². The summed E-state index contributed by atoms with van der Waals surface area (Å²) >= 11 is 5.91. The molecule has 2 amide bonds. The van der Waals surface area contributed by atoms with Crippen molar-refractivity contribution >= 4 is 57.0 Å². The van der Waals surface area contributed by atoms with Crippen LogP contribution < -0.4 is 10.7 Å². The van der Waals surface area contributed by atoms with Crippen molar-refractivity contribution in [1.29, 1.82) is 0 Å². The van der Waals surface area contributed by atoms with E-state index in [9.17, 15) is 14.7 Å². The molecule has 0 saturated heterocycles. The molecule has 0 unspecified atom stereocenters. The predicted octanol–water partition coefficient (Wildman–Crippen LogP) is 5.56. The molecular weight excluding hydrogens is 476 g/mol. The van der Waals surface area contributed by atoms with Gasteiger partial charge in [-0.2, -0.15) is 5.10 Å². The number of fused-ring (bicyclic) bond motifs is 2. The summed E-state index contributed by atoms with van der Waals surface area (Å²) in [4.78, 5) is 25.3. The highest BCUT2D eigenvalue weighted by Crippen LogP contribution is 2.25. The van der Waals surface area contributed by atoms with Crippen molar-refractivity contribution in [3.8, 4) is 5.75 Å². The number of halogens is 1. The van der Waals surface area contributed by atoms with Crippen molar-refractivity contribution in [2.24, 2.45) is 5.10 Å². The molecule has 5 rings (SSSR count). The van der Waals surface area contributed by atoms with Crippen LogP contribution in [0.2, 0.25) is 5.02 Å². The van der Waals surface area contributed by atoms with Crippen LogP contribution in [0.3, 0.4) is 0 Å². The van der Waals surface area contributed by atoms with Gasteiger partial charge < -0.3 is 15.0 Å². The number of benzene rings is 4. The molecule has 4 aromatic carbocycles. The quantitative estimate of drug-likeness (QED) is 0.212. The number of phenols is 1. The van der Waals surface area contributed by atoms with Crippen molar-refractivity contribution in [1.82, 2.24) is 9.99 Å². The van der Waals surface area contributed by atoms with E-state index in [-0.39, 0.29) is 23.8 Å². The van der Waals surface area contributed by atoms with Gasteiger partial charge in [0.05, 0.1) is 11.8 Å². The lowest BCUT2D eigenvalue weighted by Crippen LogP contribution is -2.18. The van der Waals surface area contributed by atoms with Crippen LogP contribution >= 0.6 is 11.6 Å². The molecular formula is C28H21ClN4O3. The highest BCUT2D eigenvalue weighted by molar-refractivity contribution is 6.30. The summed E-state index contributed by atoms with van der Waals surface area (Å²) in [6.45, 7) is 0.0916. The molecule has 0 spiro atoms. The number of hydrazone groups is 1. The Morgan fingerprint density at radius 1 is 0.944 bits per heavy atom. The summed E-state index contributed by atoms with van der Waals surface area (Å²) in [6, 6.07) is 25.1. The Morgan fingerprint density at radius 3 is 2.42 bits per heavy atom. The second-order valence-corrected chi connectivity index (χ2v) is 8.64. The lowest BCUT2D eigenvalue weighted by atomic mass is 10.1. The molecule has 0 aliphatic carbocycles. The van der Waals surface area contributed by atoms with E-state index in [0.717, 1.165) is 27.2 Å². The van der Waals surface area contributed by atoms with E-state index in [2.05, 4.69) is 15.8 Å². The number of phenolic OH excluding ortho intramolecular Hbond substituents is 1. The summed E-state index contributed by atoms with van der Waals surface area (Å²) in [7, 11) is 0. The van der Waals surface area contributed by atoms with E-state index in [1.807, 2.05) is 53.1 Å². The molecule has 1 aromatic heterocycles. The van der Waals surface area contributed by atoms with E-state index >= 15 is 0 Å². The molecule has 5 aromatic rings. The van der Waals surface area contributed by atoms with Gasteiger partial charge in [-0.15, -0.1) is 0 Å². The van der Waals surface area contributed by atoms with Gasteiger partial charge in [0.25, 0.3) is 5.91 Å². The summed E-state index contributed by atoms with van der Waals surface area (Å²) < 4.78 is 1.82. The first-order valence-corrected chi connectivity index (χ1v) is 11.5. The Morgan fingerprint density at radius 2 is 1.64 bits per heavy atom. The van der Waals surface area contributed by atoms with E-state index in [0.29, 0.717) is 10.7 Å². The number of nitrogens with zero attached hydrogens (tertiary/aromatic N) is 2. The monoisotopic (exact) mass is 496 g/mol. The maximum absolute atomic E-state index is 12.7. The van der Waals surface area contributed by atoms with Crippen LogP contribution in [0.5, 0.6) is 5.75 Å². The van der Waals surface area contributed by atoms with Gasteiger partial charge in [-0.25, -0.2) is 5.43 Å². The Bertz CT molecular complexity index is 1620. The van der Waals surface area contributed by atoms with Gasteiger partial charge in [-0.05, 0) is 53.2 Å². The lowest BCUT2D eigenvalue weighted by Gasteiger charge is -2.07. The topological polar surface area (TPSA) is 95.7 Å². The maximum Gasteiger partial charge on any atom is 0.275 e. The molecule has 0 bridgehead atoms. The number of amides is 2. The van der Waals surface area contributed by atoms with Gasteiger partial charge in [-0.3, -0.25) is 9.59 Å². The first-order chi connectivity index (χ1) is 17.5. The van der Waals surface area contributed by atoms with Crippen LogP contribution in [-0.4, -0.2) is 27.7 Å². The Labute approximate surface area is 211 Å². The number of hydrogen-bond donors (Lipinski definition) is 3. The first kappa shape index (κ1) is 23.1. The second-order valence-electron chi connectivity index (χ2n) is 8.20. The number of rotatable bonds is 6. The second kappa shape index (κ2) is 9.93. The van der Waals surface area contributed by atoms with E-state index in [1.54, 1.807) is 42.6 Å². The van der Waals surface area contributed by atoms with Gasteiger partial charge in [0.1, 0.15) is 12.3 Å². The van der Waals surface area contributed by atoms with Gasteiger partial charge in [0.2, 0.25) is 5.91 Å². The molecule has 8 heteroatoms. The minimum absolute atomic E-state index is 0.0916. The number of carbonyl (C=O) groups excluding carboxylic acids is 2. The highest BCUT2D eigenvalue weighted by Gasteiger charge is 2.13. The standard InChI is InChI=1S/C28H21ClN4O3/c29-21-9-11-22(12-10-21)31-27(35)17-33-16-20(23-7-3-4-8-25(23)33)15-30-32-28(36)24-13-18-5-1-2-6-19(18)14-26(24)34/h1-16,34H,17H2,(H,31,35)(H,32,36). The Kier molecular flexibility index (Phi) is 6.38. The molecule has 0 fully saturated rings. The van der Waals surface area contributed by atoms with Gasteiger partial charge in [0, 0.05) is 33.4 Å². The average molecular weight is 497 g/mol. The Hall–Kier alpha value is -4.62. The zero-order valence-corrected chi connectivity index (χ0v) is 19.7. The number of carbonyl (C=O) groups is 2. The molecule has 0 aliphatic rings. The fourth-order valence-electron chi connectivity index (χ4n) is 4.03. The van der Waals surface area contributed by atoms with Gasteiger partial charge in [-0.1, -0.05) is 54.1 Å². The minimum atomic E-state index is -0.527. The Balaban J connectivity index is 1.33.